The third kappa shape index (κ3) is 2.58. The van der Waals surface area contributed by atoms with Crippen LogP contribution >= 0.6 is 11.3 Å². The van der Waals surface area contributed by atoms with Crippen LogP contribution in [0.2, 0.25) is 0 Å². The van der Waals surface area contributed by atoms with Crippen molar-refractivity contribution in [1.82, 2.24) is 4.90 Å². The first-order valence-corrected chi connectivity index (χ1v) is 7.57. The van der Waals surface area contributed by atoms with Crippen molar-refractivity contribution >= 4 is 23.2 Å². The molecule has 20 heavy (non-hydrogen) atoms. The minimum Gasteiger partial charge on any atom is -0.479 e. The van der Waals surface area contributed by atoms with Crippen LogP contribution in [-0.2, 0) is 14.3 Å². The number of carbonyl (C=O) groups excluding carboxylic acids is 1. The van der Waals surface area contributed by atoms with Crippen LogP contribution in [0, 0.1) is 12.8 Å². The molecule has 0 spiro atoms. The summed E-state index contributed by atoms with van der Waals surface area (Å²) < 4.78 is 5.14. The van der Waals surface area contributed by atoms with Crippen molar-refractivity contribution in [2.75, 3.05) is 19.7 Å². The van der Waals surface area contributed by atoms with Gasteiger partial charge in [0.1, 0.15) is 0 Å². The first-order valence-electron chi connectivity index (χ1n) is 6.76. The number of hydrogen-bond donors (Lipinski definition) is 1. The molecule has 1 aliphatic carbocycles. The predicted octanol–water partition coefficient (Wildman–Crippen LogP) is 1.47. The molecule has 2 aliphatic rings. The molecule has 5 nitrogen and oxygen atoms in total. The van der Waals surface area contributed by atoms with Gasteiger partial charge >= 0.3 is 5.97 Å². The van der Waals surface area contributed by atoms with Crippen LogP contribution in [0.15, 0.2) is 12.1 Å². The molecule has 1 N–H and O–H groups in total. The van der Waals surface area contributed by atoms with E-state index in [4.69, 9.17) is 9.84 Å². The van der Waals surface area contributed by atoms with Crippen LogP contribution in [-0.4, -0.2) is 47.7 Å². The van der Waals surface area contributed by atoms with E-state index in [0.717, 1.165) is 6.42 Å². The molecule has 1 aromatic heterocycles. The number of thiophene rings is 1. The van der Waals surface area contributed by atoms with Gasteiger partial charge in [0.25, 0.3) is 0 Å². The van der Waals surface area contributed by atoms with E-state index >= 15 is 0 Å². The van der Waals surface area contributed by atoms with Gasteiger partial charge in [0, 0.05) is 28.1 Å². The molecule has 6 heteroatoms. The summed E-state index contributed by atoms with van der Waals surface area (Å²) in [5, 5.41) is 8.96. The lowest BCUT2D eigenvalue weighted by molar-refractivity contribution is -0.159. The first kappa shape index (κ1) is 13.6. The van der Waals surface area contributed by atoms with Crippen molar-refractivity contribution in [2.24, 2.45) is 5.92 Å². The molecule has 3 rings (SSSR count). The molecule has 1 aliphatic heterocycles. The normalized spacial score (nSPS) is 29.2. The summed E-state index contributed by atoms with van der Waals surface area (Å²) in [5.74, 6) is -0.563. The van der Waals surface area contributed by atoms with E-state index in [1.54, 1.807) is 16.2 Å². The largest absolute Gasteiger partial charge is 0.479 e. The Hall–Kier alpha value is -1.40. The molecular formula is C14H17NO4S. The van der Waals surface area contributed by atoms with Crippen LogP contribution in [0.5, 0.6) is 0 Å². The molecule has 1 saturated heterocycles. The second-order valence-electron chi connectivity index (χ2n) is 5.38. The van der Waals surface area contributed by atoms with Crippen molar-refractivity contribution in [1.29, 1.82) is 0 Å². The van der Waals surface area contributed by atoms with Gasteiger partial charge in [-0.05, 0) is 25.5 Å². The maximum absolute atomic E-state index is 12.4. The monoisotopic (exact) mass is 295 g/mol. The molecule has 0 aromatic carbocycles. The Labute approximate surface area is 121 Å². The fraction of sp³-hybridized carbons (Fsp3) is 0.571. The number of carbonyl (C=O) groups is 2. The van der Waals surface area contributed by atoms with E-state index in [2.05, 4.69) is 19.1 Å². The maximum atomic E-state index is 12.4. The Bertz CT molecular complexity index is 541. The molecule has 2 heterocycles. The lowest BCUT2D eigenvalue weighted by Gasteiger charge is -2.31. The minimum absolute atomic E-state index is 0.0283. The van der Waals surface area contributed by atoms with E-state index in [-0.39, 0.29) is 18.4 Å². The van der Waals surface area contributed by atoms with E-state index < -0.39 is 12.1 Å². The number of aryl methyl sites for hydroxylation is 1. The predicted molar refractivity (Wildman–Crippen MR) is 73.9 cm³/mol. The van der Waals surface area contributed by atoms with Gasteiger partial charge in [-0.3, -0.25) is 4.79 Å². The van der Waals surface area contributed by atoms with Crippen molar-refractivity contribution in [2.45, 2.75) is 25.4 Å². The van der Waals surface area contributed by atoms with E-state index in [9.17, 15) is 9.59 Å². The zero-order valence-electron chi connectivity index (χ0n) is 11.2. The second-order valence-corrected chi connectivity index (χ2v) is 6.70. The quantitative estimate of drug-likeness (QED) is 0.917. The fourth-order valence-corrected chi connectivity index (χ4v) is 3.72. The number of nitrogens with zero attached hydrogens (tertiary/aromatic N) is 1. The highest BCUT2D eigenvalue weighted by Gasteiger charge is 2.47. The Morgan fingerprint density at radius 3 is 2.90 bits per heavy atom. The number of morpholine rings is 1. The summed E-state index contributed by atoms with van der Waals surface area (Å²) in [7, 11) is 0. The SMILES string of the molecule is Cc1ccc([C@@H]2C[C@@H]2C(=O)N2CCO[C@H](C(=O)O)C2)s1. The zero-order chi connectivity index (χ0) is 14.3. The Morgan fingerprint density at radius 1 is 1.45 bits per heavy atom. The highest BCUT2D eigenvalue weighted by atomic mass is 32.1. The fourth-order valence-electron chi connectivity index (χ4n) is 2.67. The smallest absolute Gasteiger partial charge is 0.334 e. The van der Waals surface area contributed by atoms with Crippen LogP contribution in [0.25, 0.3) is 0 Å². The van der Waals surface area contributed by atoms with Gasteiger partial charge in [-0.2, -0.15) is 0 Å². The number of carboxylic acids is 1. The van der Waals surface area contributed by atoms with Crippen LogP contribution in [0.1, 0.15) is 22.1 Å². The lowest BCUT2D eigenvalue weighted by atomic mass is 10.2. The number of hydrogen-bond acceptors (Lipinski definition) is 4. The van der Waals surface area contributed by atoms with Gasteiger partial charge in [-0.1, -0.05) is 0 Å². The van der Waals surface area contributed by atoms with Crippen molar-refractivity contribution in [3.05, 3.63) is 21.9 Å². The molecule has 1 amide bonds. The topological polar surface area (TPSA) is 66.8 Å². The molecule has 0 unspecified atom stereocenters. The molecule has 0 bridgehead atoms. The highest BCUT2D eigenvalue weighted by Crippen LogP contribution is 2.50. The third-order valence-corrected chi connectivity index (χ3v) is 5.02. The molecule has 108 valence electrons. The molecule has 3 atom stereocenters. The van der Waals surface area contributed by atoms with E-state index in [1.165, 1.54) is 9.75 Å². The van der Waals surface area contributed by atoms with Crippen molar-refractivity contribution in [3.8, 4) is 0 Å². The molecule has 1 aromatic rings. The first-order chi connectivity index (χ1) is 9.56. The number of aliphatic carboxylic acids is 1. The highest BCUT2D eigenvalue weighted by molar-refractivity contribution is 7.12. The average molecular weight is 295 g/mol. The number of rotatable bonds is 3. The molecular weight excluding hydrogens is 278 g/mol. The van der Waals surface area contributed by atoms with Crippen LogP contribution < -0.4 is 0 Å². The van der Waals surface area contributed by atoms with Gasteiger partial charge in [0.05, 0.1) is 13.2 Å². The summed E-state index contributed by atoms with van der Waals surface area (Å²) in [6.07, 6.45) is 0.00215. The van der Waals surface area contributed by atoms with Crippen LogP contribution in [0.4, 0.5) is 0 Å². The third-order valence-electron chi connectivity index (χ3n) is 3.89. The van der Waals surface area contributed by atoms with E-state index in [0.29, 0.717) is 19.1 Å². The molecule has 2 fully saturated rings. The molecule has 1 saturated carbocycles. The summed E-state index contributed by atoms with van der Waals surface area (Å²) in [6.45, 7) is 3.03. The van der Waals surface area contributed by atoms with Gasteiger partial charge in [-0.25, -0.2) is 4.79 Å². The van der Waals surface area contributed by atoms with Gasteiger partial charge in [-0.15, -0.1) is 11.3 Å². The van der Waals surface area contributed by atoms with Gasteiger partial charge in [0.15, 0.2) is 6.10 Å². The summed E-state index contributed by atoms with van der Waals surface area (Å²) >= 11 is 1.74. The summed E-state index contributed by atoms with van der Waals surface area (Å²) in [6, 6.07) is 4.17. The Kier molecular flexibility index (Phi) is 3.52. The van der Waals surface area contributed by atoms with E-state index in [1.807, 2.05) is 0 Å². The van der Waals surface area contributed by atoms with Gasteiger partial charge in [0.2, 0.25) is 5.91 Å². The number of amides is 1. The van der Waals surface area contributed by atoms with Crippen LogP contribution in [0.3, 0.4) is 0 Å². The second kappa shape index (κ2) is 5.18. The van der Waals surface area contributed by atoms with Crippen molar-refractivity contribution in [3.63, 3.8) is 0 Å². The Balaban J connectivity index is 1.61. The summed E-state index contributed by atoms with van der Waals surface area (Å²) in [5.41, 5.74) is 0. The zero-order valence-corrected chi connectivity index (χ0v) is 12.1. The average Bonchev–Trinajstić information content (AvgIpc) is 3.13. The standard InChI is InChI=1S/C14H17NO4S/c1-8-2-3-12(20-8)9-6-10(9)13(16)15-4-5-19-11(7-15)14(17)18/h2-3,9-11H,4-7H2,1H3,(H,17,18)/t9-,10+,11+/m1/s1. The molecule has 0 radical (unpaired) electrons. The number of carboxylic acid groups (broad SMARTS) is 1. The minimum atomic E-state index is -0.997. The Morgan fingerprint density at radius 2 is 2.25 bits per heavy atom. The summed E-state index contributed by atoms with van der Waals surface area (Å²) in [4.78, 5) is 27.5. The maximum Gasteiger partial charge on any atom is 0.334 e. The van der Waals surface area contributed by atoms with Gasteiger partial charge < -0.3 is 14.7 Å². The van der Waals surface area contributed by atoms with Crippen molar-refractivity contribution < 1.29 is 19.4 Å². The number of ether oxygens (including phenoxy) is 1. The lowest BCUT2D eigenvalue weighted by Crippen LogP contribution is -2.49.